The summed E-state index contributed by atoms with van der Waals surface area (Å²) in [6.45, 7) is 4.09. The molecule has 3 aromatic carbocycles. The smallest absolute Gasteiger partial charge is 0.259 e. The van der Waals surface area contributed by atoms with E-state index in [9.17, 15) is 4.79 Å². The molecule has 6 rings (SSSR count). The molecule has 0 aliphatic heterocycles. The molecule has 2 heterocycles. The lowest BCUT2D eigenvalue weighted by Gasteiger charge is -2.16. The first-order valence-electron chi connectivity index (χ1n) is 13.3. The molecule has 0 fully saturated rings. The van der Waals surface area contributed by atoms with E-state index in [1.54, 1.807) is 13.3 Å². The highest BCUT2D eigenvalue weighted by Gasteiger charge is 2.26. The number of fused-ring (bicyclic) bond motifs is 3. The van der Waals surface area contributed by atoms with E-state index in [0.29, 0.717) is 5.56 Å². The van der Waals surface area contributed by atoms with E-state index in [4.69, 9.17) is 9.26 Å². The highest BCUT2D eigenvalue weighted by molar-refractivity contribution is 6.05. The van der Waals surface area contributed by atoms with Gasteiger partial charge in [0.15, 0.2) is 5.76 Å². The Morgan fingerprint density at radius 1 is 1.08 bits per heavy atom. The molecule has 7 nitrogen and oxygen atoms in total. The van der Waals surface area contributed by atoms with Crippen molar-refractivity contribution in [3.05, 3.63) is 101 Å². The third-order valence-corrected chi connectivity index (χ3v) is 7.35. The third kappa shape index (κ3) is 4.50. The largest absolute Gasteiger partial charge is 0.497 e. The van der Waals surface area contributed by atoms with E-state index in [0.717, 1.165) is 82.2 Å². The molecule has 1 N–H and O–H groups in total. The Morgan fingerprint density at radius 2 is 1.92 bits per heavy atom. The van der Waals surface area contributed by atoms with Gasteiger partial charge in [-0.25, -0.2) is 4.68 Å². The average Bonchev–Trinajstić information content (AvgIpc) is 3.59. The number of nitrogens with zero attached hydrogens (tertiary/aromatic N) is 3. The van der Waals surface area contributed by atoms with Crippen LogP contribution in [0.3, 0.4) is 0 Å². The van der Waals surface area contributed by atoms with Crippen LogP contribution in [0.2, 0.25) is 0 Å². The fourth-order valence-electron chi connectivity index (χ4n) is 5.29. The Morgan fingerprint density at radius 3 is 2.72 bits per heavy atom. The molecule has 2 aromatic heterocycles. The molecule has 7 heteroatoms. The van der Waals surface area contributed by atoms with E-state index in [1.807, 2.05) is 72.3 Å². The standard InChI is InChI=1S/C32H30N4O3/c1-4-8-29-27(19-33-36(29)23-9-6-5-7-10-23)32(37)34-28-18-22(12-11-20(28)2)31-26-15-13-21-17-24(38-3)14-16-25(21)30(26)35-39-31/h5-7,9-12,14,16-19H,4,8,13,15H2,1-3H3,(H,34,37). The lowest BCUT2D eigenvalue weighted by molar-refractivity contribution is 0.102. The van der Waals surface area contributed by atoms with Gasteiger partial charge in [-0.05, 0) is 73.7 Å². The molecule has 0 radical (unpaired) electrons. The highest BCUT2D eigenvalue weighted by atomic mass is 16.5. The highest BCUT2D eigenvalue weighted by Crippen LogP contribution is 2.40. The minimum atomic E-state index is -0.177. The Balaban J connectivity index is 1.31. The van der Waals surface area contributed by atoms with Gasteiger partial charge in [0.1, 0.15) is 11.4 Å². The number of nitrogens with one attached hydrogen (secondary N) is 1. The van der Waals surface area contributed by atoms with Gasteiger partial charge in [-0.3, -0.25) is 4.79 Å². The fourth-order valence-corrected chi connectivity index (χ4v) is 5.29. The van der Waals surface area contributed by atoms with E-state index < -0.39 is 0 Å². The molecule has 1 aliphatic rings. The number of anilines is 1. The summed E-state index contributed by atoms with van der Waals surface area (Å²) in [5.41, 5.74) is 9.24. The zero-order valence-corrected chi connectivity index (χ0v) is 22.3. The van der Waals surface area contributed by atoms with Crippen LogP contribution in [0.1, 0.15) is 46.1 Å². The number of methoxy groups -OCH3 is 1. The van der Waals surface area contributed by atoms with E-state index in [-0.39, 0.29) is 5.91 Å². The Labute approximate surface area is 227 Å². The number of hydrogen-bond acceptors (Lipinski definition) is 5. The van der Waals surface area contributed by atoms with Gasteiger partial charge in [0.25, 0.3) is 5.91 Å². The Hall–Kier alpha value is -4.65. The van der Waals surface area contributed by atoms with Crippen molar-refractivity contribution in [2.24, 2.45) is 0 Å². The zero-order valence-electron chi connectivity index (χ0n) is 22.3. The van der Waals surface area contributed by atoms with Crippen LogP contribution in [-0.4, -0.2) is 28.0 Å². The van der Waals surface area contributed by atoms with Crippen molar-refractivity contribution in [3.8, 4) is 34.0 Å². The zero-order chi connectivity index (χ0) is 26.9. The summed E-state index contributed by atoms with van der Waals surface area (Å²) in [7, 11) is 1.68. The first-order chi connectivity index (χ1) is 19.1. The maximum atomic E-state index is 13.5. The third-order valence-electron chi connectivity index (χ3n) is 7.35. The van der Waals surface area contributed by atoms with Crippen LogP contribution in [0.4, 0.5) is 5.69 Å². The number of aromatic nitrogens is 3. The average molecular weight is 519 g/mol. The predicted molar refractivity (Wildman–Crippen MR) is 152 cm³/mol. The molecule has 0 bridgehead atoms. The number of ether oxygens (including phenoxy) is 1. The number of carbonyl (C=O) groups excluding carboxylic acids is 1. The van der Waals surface area contributed by atoms with Gasteiger partial charge in [-0.1, -0.05) is 48.8 Å². The minimum Gasteiger partial charge on any atom is -0.497 e. The molecule has 0 saturated carbocycles. The maximum Gasteiger partial charge on any atom is 0.259 e. The summed E-state index contributed by atoms with van der Waals surface area (Å²) in [4.78, 5) is 13.5. The fraction of sp³-hybridized carbons (Fsp3) is 0.219. The molecule has 39 heavy (non-hydrogen) atoms. The monoisotopic (exact) mass is 518 g/mol. The van der Waals surface area contributed by atoms with Gasteiger partial charge < -0.3 is 14.6 Å². The normalized spacial score (nSPS) is 12.1. The van der Waals surface area contributed by atoms with Crippen molar-refractivity contribution in [2.75, 3.05) is 12.4 Å². The number of para-hydroxylation sites is 1. The number of amides is 1. The molecule has 196 valence electrons. The van der Waals surface area contributed by atoms with Crippen LogP contribution in [0.5, 0.6) is 5.75 Å². The molecular formula is C32H30N4O3. The van der Waals surface area contributed by atoms with Crippen LogP contribution in [0.25, 0.3) is 28.3 Å². The molecule has 5 aromatic rings. The summed E-state index contributed by atoms with van der Waals surface area (Å²) in [5, 5.41) is 12.1. The number of rotatable bonds is 7. The van der Waals surface area contributed by atoms with Crippen molar-refractivity contribution in [1.29, 1.82) is 0 Å². The topological polar surface area (TPSA) is 82.2 Å². The molecule has 1 aliphatic carbocycles. The summed E-state index contributed by atoms with van der Waals surface area (Å²) in [5.74, 6) is 1.41. The molecule has 0 atom stereocenters. The SMILES string of the molecule is CCCc1c(C(=O)Nc2cc(-c3onc4c3CCc3cc(OC)ccc3-4)ccc2C)cnn1-c1ccccc1. The molecular weight excluding hydrogens is 488 g/mol. The number of aryl methyl sites for hydroxylation is 2. The van der Waals surface area contributed by atoms with Gasteiger partial charge in [0, 0.05) is 22.4 Å². The second-order valence-corrected chi connectivity index (χ2v) is 9.85. The van der Waals surface area contributed by atoms with Gasteiger partial charge in [-0.2, -0.15) is 5.10 Å². The molecule has 0 saturated heterocycles. The number of carbonyl (C=O) groups is 1. The van der Waals surface area contributed by atoms with E-state index >= 15 is 0 Å². The predicted octanol–water partition coefficient (Wildman–Crippen LogP) is 6.81. The van der Waals surface area contributed by atoms with Crippen LogP contribution >= 0.6 is 0 Å². The van der Waals surface area contributed by atoms with Gasteiger partial charge in [0.2, 0.25) is 0 Å². The quantitative estimate of drug-likeness (QED) is 0.256. The van der Waals surface area contributed by atoms with Crippen molar-refractivity contribution in [1.82, 2.24) is 14.9 Å². The summed E-state index contributed by atoms with van der Waals surface area (Å²) in [6, 6.07) is 22.0. The van der Waals surface area contributed by atoms with Gasteiger partial charge in [-0.15, -0.1) is 0 Å². The van der Waals surface area contributed by atoms with Crippen molar-refractivity contribution < 1.29 is 14.1 Å². The molecule has 1 amide bonds. The van der Waals surface area contributed by atoms with Crippen molar-refractivity contribution in [3.63, 3.8) is 0 Å². The van der Waals surface area contributed by atoms with Gasteiger partial charge >= 0.3 is 0 Å². The van der Waals surface area contributed by atoms with E-state index in [1.165, 1.54) is 5.56 Å². The van der Waals surface area contributed by atoms with Gasteiger partial charge in [0.05, 0.1) is 30.3 Å². The Kier molecular flexibility index (Phi) is 6.49. The van der Waals surface area contributed by atoms with Crippen molar-refractivity contribution in [2.45, 2.75) is 39.5 Å². The Bertz CT molecular complexity index is 1670. The molecule has 0 unspecified atom stereocenters. The van der Waals surface area contributed by atoms with Crippen LogP contribution in [0, 0.1) is 6.92 Å². The van der Waals surface area contributed by atoms with Crippen molar-refractivity contribution >= 4 is 11.6 Å². The lowest BCUT2D eigenvalue weighted by Crippen LogP contribution is -2.15. The first-order valence-corrected chi connectivity index (χ1v) is 13.3. The molecule has 0 spiro atoms. The summed E-state index contributed by atoms with van der Waals surface area (Å²) >= 11 is 0. The second kappa shape index (κ2) is 10.3. The summed E-state index contributed by atoms with van der Waals surface area (Å²) < 4.78 is 13.1. The number of hydrogen-bond donors (Lipinski definition) is 1. The minimum absolute atomic E-state index is 0.177. The first kappa shape index (κ1) is 24.7. The van der Waals surface area contributed by atoms with E-state index in [2.05, 4.69) is 28.6 Å². The van der Waals surface area contributed by atoms with Crippen LogP contribution < -0.4 is 10.1 Å². The maximum absolute atomic E-state index is 13.5. The number of benzene rings is 3. The lowest BCUT2D eigenvalue weighted by atomic mass is 9.88. The summed E-state index contributed by atoms with van der Waals surface area (Å²) in [6.07, 6.45) is 5.01. The van der Waals surface area contributed by atoms with Crippen LogP contribution in [-0.2, 0) is 19.3 Å². The van der Waals surface area contributed by atoms with Crippen LogP contribution in [0.15, 0.2) is 77.4 Å². The second-order valence-electron chi connectivity index (χ2n) is 9.85.